The second-order valence-corrected chi connectivity index (χ2v) is 4.89. The molecule has 1 atom stereocenters. The molecule has 0 bridgehead atoms. The van der Waals surface area contributed by atoms with Crippen molar-refractivity contribution in [3.8, 4) is 0 Å². The molecular weight excluding hydrogens is 256 g/mol. The van der Waals surface area contributed by atoms with E-state index in [9.17, 15) is 0 Å². The Kier molecular flexibility index (Phi) is 3.20. The normalized spacial score (nSPS) is 12.5. The van der Waals surface area contributed by atoms with Crippen LogP contribution in [0.15, 0.2) is 60.8 Å². The van der Waals surface area contributed by atoms with Crippen molar-refractivity contribution in [3.05, 3.63) is 76.9 Å². The van der Waals surface area contributed by atoms with Gasteiger partial charge in [0, 0.05) is 16.6 Å². The zero-order valence-electron chi connectivity index (χ0n) is 10.3. The van der Waals surface area contributed by atoms with Crippen molar-refractivity contribution >= 4 is 22.5 Å². The Hall–Kier alpha value is -1.90. The number of nitrogens with zero attached hydrogens (tertiary/aromatic N) is 1. The van der Waals surface area contributed by atoms with E-state index < -0.39 is 0 Å². The summed E-state index contributed by atoms with van der Waals surface area (Å²) in [5.74, 6) is 0. The van der Waals surface area contributed by atoms with Gasteiger partial charge >= 0.3 is 0 Å². The van der Waals surface area contributed by atoms with E-state index in [0.29, 0.717) is 5.02 Å². The Labute approximate surface area is 116 Å². The average Bonchev–Trinajstić information content (AvgIpc) is 2.46. The third-order valence-corrected chi connectivity index (χ3v) is 3.46. The zero-order valence-corrected chi connectivity index (χ0v) is 11.0. The third kappa shape index (κ3) is 2.33. The molecule has 0 saturated heterocycles. The van der Waals surface area contributed by atoms with E-state index in [1.54, 1.807) is 6.20 Å². The number of fused-ring (bicyclic) bond motifs is 1. The SMILES string of the molecule is NC(c1cccc(Cl)c1)c1cccc2ncccc12. The number of aromatic nitrogens is 1. The van der Waals surface area contributed by atoms with Crippen LogP contribution in [0.25, 0.3) is 10.9 Å². The van der Waals surface area contributed by atoms with Crippen molar-refractivity contribution in [1.29, 1.82) is 0 Å². The van der Waals surface area contributed by atoms with Gasteiger partial charge in [0.05, 0.1) is 11.6 Å². The molecule has 94 valence electrons. The fraction of sp³-hybridized carbons (Fsp3) is 0.0625. The van der Waals surface area contributed by atoms with Crippen molar-refractivity contribution in [2.75, 3.05) is 0 Å². The second-order valence-electron chi connectivity index (χ2n) is 4.45. The molecule has 3 heteroatoms. The predicted octanol–water partition coefficient (Wildman–Crippen LogP) is 3.94. The quantitative estimate of drug-likeness (QED) is 0.765. The van der Waals surface area contributed by atoms with Crippen molar-refractivity contribution in [2.24, 2.45) is 5.73 Å². The number of benzene rings is 2. The number of pyridine rings is 1. The minimum absolute atomic E-state index is 0.202. The molecule has 1 aromatic heterocycles. The lowest BCUT2D eigenvalue weighted by Crippen LogP contribution is -2.12. The van der Waals surface area contributed by atoms with Gasteiger partial charge in [-0.05, 0) is 35.4 Å². The predicted molar refractivity (Wildman–Crippen MR) is 79.2 cm³/mol. The summed E-state index contributed by atoms with van der Waals surface area (Å²) < 4.78 is 0. The first-order valence-electron chi connectivity index (χ1n) is 6.10. The van der Waals surface area contributed by atoms with Crippen LogP contribution in [0.2, 0.25) is 5.02 Å². The highest BCUT2D eigenvalue weighted by Gasteiger charge is 2.12. The Bertz CT molecular complexity index is 719. The first-order chi connectivity index (χ1) is 9.25. The van der Waals surface area contributed by atoms with E-state index in [4.69, 9.17) is 17.3 Å². The standard InChI is InChI=1S/C16H13ClN2/c17-12-5-1-4-11(10-12)16(18)14-6-2-8-15-13(14)7-3-9-19-15/h1-10,16H,18H2. The Morgan fingerprint density at radius 3 is 2.68 bits per heavy atom. The maximum absolute atomic E-state index is 6.36. The smallest absolute Gasteiger partial charge is 0.0705 e. The molecule has 1 heterocycles. The lowest BCUT2D eigenvalue weighted by molar-refractivity contribution is 0.880. The van der Waals surface area contributed by atoms with E-state index in [0.717, 1.165) is 22.0 Å². The lowest BCUT2D eigenvalue weighted by atomic mass is 9.96. The summed E-state index contributed by atoms with van der Waals surface area (Å²) in [6.45, 7) is 0. The van der Waals surface area contributed by atoms with Crippen molar-refractivity contribution in [3.63, 3.8) is 0 Å². The van der Waals surface area contributed by atoms with Crippen LogP contribution in [0, 0.1) is 0 Å². The molecule has 0 fully saturated rings. The number of rotatable bonds is 2. The third-order valence-electron chi connectivity index (χ3n) is 3.22. The van der Waals surface area contributed by atoms with E-state index in [1.165, 1.54) is 0 Å². The highest BCUT2D eigenvalue weighted by atomic mass is 35.5. The molecule has 0 amide bonds. The monoisotopic (exact) mass is 268 g/mol. The van der Waals surface area contributed by atoms with E-state index in [-0.39, 0.29) is 6.04 Å². The van der Waals surface area contributed by atoms with Crippen LogP contribution < -0.4 is 5.73 Å². The average molecular weight is 269 g/mol. The Morgan fingerprint density at radius 2 is 1.84 bits per heavy atom. The van der Waals surface area contributed by atoms with Gasteiger partial charge in [-0.15, -0.1) is 0 Å². The Morgan fingerprint density at radius 1 is 1.00 bits per heavy atom. The van der Waals surface area contributed by atoms with Gasteiger partial charge in [-0.1, -0.05) is 41.9 Å². The van der Waals surface area contributed by atoms with Crippen LogP contribution in [0.4, 0.5) is 0 Å². The van der Waals surface area contributed by atoms with E-state index in [2.05, 4.69) is 4.98 Å². The number of halogens is 1. The van der Waals surface area contributed by atoms with Crippen LogP contribution in [0.1, 0.15) is 17.2 Å². The van der Waals surface area contributed by atoms with Gasteiger partial charge < -0.3 is 5.73 Å². The van der Waals surface area contributed by atoms with Crippen LogP contribution in [-0.2, 0) is 0 Å². The molecule has 19 heavy (non-hydrogen) atoms. The number of nitrogens with two attached hydrogens (primary N) is 1. The van der Waals surface area contributed by atoms with Gasteiger partial charge in [-0.25, -0.2) is 0 Å². The largest absolute Gasteiger partial charge is 0.320 e. The molecule has 3 rings (SSSR count). The molecule has 2 nitrogen and oxygen atoms in total. The van der Waals surface area contributed by atoms with Crippen LogP contribution in [0.3, 0.4) is 0 Å². The molecule has 0 radical (unpaired) electrons. The molecule has 0 aliphatic rings. The van der Waals surface area contributed by atoms with Crippen molar-refractivity contribution in [2.45, 2.75) is 6.04 Å². The molecule has 0 spiro atoms. The summed E-state index contributed by atoms with van der Waals surface area (Å²) in [7, 11) is 0. The second kappa shape index (κ2) is 5.00. The molecular formula is C16H13ClN2. The van der Waals surface area contributed by atoms with Gasteiger partial charge in [0.2, 0.25) is 0 Å². The van der Waals surface area contributed by atoms with Gasteiger partial charge in [0.15, 0.2) is 0 Å². The minimum atomic E-state index is -0.202. The molecule has 0 saturated carbocycles. The van der Waals surface area contributed by atoms with Crippen LogP contribution in [0.5, 0.6) is 0 Å². The zero-order chi connectivity index (χ0) is 13.2. The fourth-order valence-electron chi connectivity index (χ4n) is 2.28. The lowest BCUT2D eigenvalue weighted by Gasteiger charge is -2.15. The fourth-order valence-corrected chi connectivity index (χ4v) is 2.48. The molecule has 1 unspecified atom stereocenters. The van der Waals surface area contributed by atoms with E-state index in [1.807, 2.05) is 54.6 Å². The Balaban J connectivity index is 2.14. The summed E-state index contributed by atoms with van der Waals surface area (Å²) in [5, 5.41) is 1.78. The summed E-state index contributed by atoms with van der Waals surface area (Å²) in [6, 6.07) is 17.4. The molecule has 0 aliphatic carbocycles. The highest BCUT2D eigenvalue weighted by molar-refractivity contribution is 6.30. The molecule has 0 aliphatic heterocycles. The summed E-state index contributed by atoms with van der Waals surface area (Å²) in [6.07, 6.45) is 1.79. The van der Waals surface area contributed by atoms with E-state index >= 15 is 0 Å². The first-order valence-corrected chi connectivity index (χ1v) is 6.48. The summed E-state index contributed by atoms with van der Waals surface area (Å²) in [4.78, 5) is 4.35. The van der Waals surface area contributed by atoms with Crippen LogP contribution in [-0.4, -0.2) is 4.98 Å². The maximum Gasteiger partial charge on any atom is 0.0705 e. The van der Waals surface area contributed by atoms with Crippen LogP contribution >= 0.6 is 11.6 Å². The van der Waals surface area contributed by atoms with Gasteiger partial charge in [-0.3, -0.25) is 4.98 Å². The van der Waals surface area contributed by atoms with Gasteiger partial charge in [0.1, 0.15) is 0 Å². The van der Waals surface area contributed by atoms with Gasteiger partial charge in [0.25, 0.3) is 0 Å². The van der Waals surface area contributed by atoms with Crippen molar-refractivity contribution < 1.29 is 0 Å². The number of hydrogen-bond acceptors (Lipinski definition) is 2. The highest BCUT2D eigenvalue weighted by Crippen LogP contribution is 2.27. The number of hydrogen-bond donors (Lipinski definition) is 1. The summed E-state index contributed by atoms with van der Waals surface area (Å²) in [5.41, 5.74) is 9.39. The summed E-state index contributed by atoms with van der Waals surface area (Å²) >= 11 is 6.03. The van der Waals surface area contributed by atoms with Gasteiger partial charge in [-0.2, -0.15) is 0 Å². The minimum Gasteiger partial charge on any atom is -0.320 e. The molecule has 3 aromatic rings. The molecule has 2 N–H and O–H groups in total. The first kappa shape index (κ1) is 12.2. The topological polar surface area (TPSA) is 38.9 Å². The molecule has 2 aromatic carbocycles. The maximum atomic E-state index is 6.36. The van der Waals surface area contributed by atoms with Crippen molar-refractivity contribution in [1.82, 2.24) is 4.98 Å².